The number of carbonyl (C=O) groups excluding carboxylic acids is 1. The molecule has 1 rings (SSSR count). The fourth-order valence-corrected chi connectivity index (χ4v) is 2.11. The summed E-state index contributed by atoms with van der Waals surface area (Å²) < 4.78 is 6.66. The smallest absolute Gasteiger partial charge is 0.255 e. The summed E-state index contributed by atoms with van der Waals surface area (Å²) in [6, 6.07) is 1.66. The Hall–Kier alpha value is -0.0400. The van der Waals surface area contributed by atoms with E-state index in [9.17, 15) is 4.79 Å². The van der Waals surface area contributed by atoms with Gasteiger partial charge in [-0.05, 0) is 39.3 Å². The van der Waals surface area contributed by atoms with E-state index in [2.05, 4.69) is 43.8 Å². The summed E-state index contributed by atoms with van der Waals surface area (Å²) >= 11 is 5.53. The summed E-state index contributed by atoms with van der Waals surface area (Å²) in [5, 5.41) is 2.85. The van der Waals surface area contributed by atoms with Crippen molar-refractivity contribution >= 4 is 44.4 Å². The lowest BCUT2D eigenvalue weighted by molar-refractivity contribution is 0.0951. The third kappa shape index (κ3) is 4.55. The molecule has 0 saturated carbocycles. The van der Waals surface area contributed by atoms with Gasteiger partial charge in [0.25, 0.3) is 5.91 Å². The van der Waals surface area contributed by atoms with Crippen LogP contribution >= 0.6 is 38.5 Å². The van der Waals surface area contributed by atoms with Crippen LogP contribution < -0.4 is 5.32 Å². The highest BCUT2D eigenvalue weighted by Gasteiger charge is 2.11. The van der Waals surface area contributed by atoms with Gasteiger partial charge in [0.15, 0.2) is 4.67 Å². The summed E-state index contributed by atoms with van der Waals surface area (Å²) in [4.78, 5) is 11.6. The van der Waals surface area contributed by atoms with Crippen molar-refractivity contribution in [2.75, 3.05) is 11.0 Å². The number of amides is 1. The highest BCUT2D eigenvalue weighted by Crippen LogP contribution is 2.16. The molecule has 0 bridgehead atoms. The van der Waals surface area contributed by atoms with Crippen LogP contribution in [0.15, 0.2) is 21.4 Å². The zero-order valence-electron chi connectivity index (χ0n) is 8.26. The average molecular weight is 386 g/mol. The Labute approximate surface area is 111 Å². The summed E-state index contributed by atoms with van der Waals surface area (Å²) in [6.45, 7) is 0.729. The quantitative estimate of drug-likeness (QED) is 0.463. The van der Waals surface area contributed by atoms with E-state index < -0.39 is 0 Å². The van der Waals surface area contributed by atoms with Crippen LogP contribution in [0.3, 0.4) is 0 Å². The third-order valence-electron chi connectivity index (χ3n) is 1.96. The van der Waals surface area contributed by atoms with E-state index in [0.29, 0.717) is 10.2 Å². The van der Waals surface area contributed by atoms with Gasteiger partial charge >= 0.3 is 0 Å². The number of unbranched alkanes of at least 4 members (excludes halogenated alkanes) is 2. The van der Waals surface area contributed by atoms with Crippen molar-refractivity contribution < 1.29 is 9.21 Å². The SMILES string of the molecule is O=C(NCCCCCI)c1ccoc1Br. The molecule has 1 aromatic rings. The monoisotopic (exact) mass is 385 g/mol. The van der Waals surface area contributed by atoms with E-state index in [1.54, 1.807) is 6.07 Å². The third-order valence-corrected chi connectivity index (χ3v) is 3.34. The molecule has 84 valence electrons. The zero-order valence-corrected chi connectivity index (χ0v) is 12.0. The van der Waals surface area contributed by atoms with Crippen molar-refractivity contribution in [2.24, 2.45) is 0 Å². The van der Waals surface area contributed by atoms with Gasteiger partial charge in [-0.3, -0.25) is 4.79 Å². The number of halogens is 2. The minimum absolute atomic E-state index is 0.0786. The van der Waals surface area contributed by atoms with E-state index in [-0.39, 0.29) is 5.91 Å². The molecule has 0 radical (unpaired) electrons. The van der Waals surface area contributed by atoms with Gasteiger partial charge < -0.3 is 9.73 Å². The summed E-state index contributed by atoms with van der Waals surface area (Å²) in [5.41, 5.74) is 0.559. The molecular weight excluding hydrogens is 373 g/mol. The Morgan fingerprint density at radius 1 is 1.47 bits per heavy atom. The first-order valence-electron chi connectivity index (χ1n) is 4.83. The second kappa shape index (κ2) is 7.27. The van der Waals surface area contributed by atoms with E-state index in [1.165, 1.54) is 17.1 Å². The topological polar surface area (TPSA) is 42.2 Å². The Morgan fingerprint density at radius 2 is 2.27 bits per heavy atom. The highest BCUT2D eigenvalue weighted by molar-refractivity contribution is 14.1. The average Bonchev–Trinajstić information content (AvgIpc) is 2.64. The largest absolute Gasteiger partial charge is 0.457 e. The second-order valence-electron chi connectivity index (χ2n) is 3.11. The molecule has 3 nitrogen and oxygen atoms in total. The van der Waals surface area contributed by atoms with Gasteiger partial charge in [-0.25, -0.2) is 0 Å². The number of furan rings is 1. The normalized spacial score (nSPS) is 10.3. The van der Waals surface area contributed by atoms with Crippen molar-refractivity contribution in [1.29, 1.82) is 0 Å². The minimum atomic E-state index is -0.0786. The fraction of sp³-hybridized carbons (Fsp3) is 0.500. The highest BCUT2D eigenvalue weighted by atomic mass is 127. The van der Waals surface area contributed by atoms with E-state index >= 15 is 0 Å². The van der Waals surface area contributed by atoms with Gasteiger partial charge in [0.05, 0.1) is 11.8 Å². The maximum Gasteiger partial charge on any atom is 0.255 e. The molecule has 0 aliphatic rings. The van der Waals surface area contributed by atoms with Gasteiger partial charge in [0, 0.05) is 6.54 Å². The molecular formula is C10H13BrINO2. The molecule has 0 fully saturated rings. The van der Waals surface area contributed by atoms with Crippen molar-refractivity contribution in [2.45, 2.75) is 19.3 Å². The zero-order chi connectivity index (χ0) is 11.1. The summed E-state index contributed by atoms with van der Waals surface area (Å²) in [5.74, 6) is -0.0786. The van der Waals surface area contributed by atoms with Gasteiger partial charge in [0.2, 0.25) is 0 Å². The lowest BCUT2D eigenvalue weighted by Crippen LogP contribution is -2.24. The summed E-state index contributed by atoms with van der Waals surface area (Å²) in [6.07, 6.45) is 4.90. The minimum Gasteiger partial charge on any atom is -0.457 e. The fourth-order valence-electron chi connectivity index (χ4n) is 1.15. The Bertz CT molecular complexity index is 314. The first kappa shape index (κ1) is 13.0. The van der Waals surface area contributed by atoms with Crippen LogP contribution in [0.5, 0.6) is 0 Å². The van der Waals surface area contributed by atoms with Gasteiger partial charge in [-0.1, -0.05) is 29.0 Å². The molecule has 0 spiro atoms. The first-order chi connectivity index (χ1) is 7.25. The molecule has 0 aliphatic carbocycles. The number of alkyl halides is 1. The lowest BCUT2D eigenvalue weighted by Gasteiger charge is -2.02. The van der Waals surface area contributed by atoms with Gasteiger partial charge in [-0.15, -0.1) is 0 Å². The number of carbonyl (C=O) groups is 1. The van der Waals surface area contributed by atoms with Crippen LogP contribution in [0, 0.1) is 0 Å². The van der Waals surface area contributed by atoms with Crippen molar-refractivity contribution in [3.8, 4) is 0 Å². The maximum absolute atomic E-state index is 11.6. The standard InChI is InChI=1S/C10H13BrINO2/c11-9-8(4-7-15-9)10(14)13-6-3-1-2-5-12/h4,7H,1-3,5-6H2,(H,13,14). The maximum atomic E-state index is 11.6. The number of rotatable bonds is 6. The molecule has 1 amide bonds. The lowest BCUT2D eigenvalue weighted by atomic mass is 10.2. The van der Waals surface area contributed by atoms with Crippen LogP contribution in [-0.4, -0.2) is 16.9 Å². The van der Waals surface area contributed by atoms with Crippen molar-refractivity contribution in [3.05, 3.63) is 22.6 Å². The molecule has 0 unspecified atom stereocenters. The second-order valence-corrected chi connectivity index (χ2v) is 4.91. The predicted molar refractivity (Wildman–Crippen MR) is 71.5 cm³/mol. The van der Waals surface area contributed by atoms with Crippen LogP contribution in [0.2, 0.25) is 0 Å². The van der Waals surface area contributed by atoms with Crippen molar-refractivity contribution in [3.63, 3.8) is 0 Å². The Morgan fingerprint density at radius 3 is 2.87 bits per heavy atom. The van der Waals surface area contributed by atoms with E-state index in [1.807, 2.05) is 0 Å². The molecule has 15 heavy (non-hydrogen) atoms. The predicted octanol–water partition coefficient (Wildman–Crippen LogP) is 3.38. The number of nitrogens with one attached hydrogen (secondary N) is 1. The van der Waals surface area contributed by atoms with Crippen LogP contribution in [0.1, 0.15) is 29.6 Å². The van der Waals surface area contributed by atoms with Crippen LogP contribution in [-0.2, 0) is 0 Å². The van der Waals surface area contributed by atoms with Crippen LogP contribution in [0.4, 0.5) is 0 Å². The van der Waals surface area contributed by atoms with E-state index in [4.69, 9.17) is 4.42 Å². The number of hydrogen-bond acceptors (Lipinski definition) is 2. The molecule has 1 heterocycles. The first-order valence-corrected chi connectivity index (χ1v) is 7.14. The van der Waals surface area contributed by atoms with Crippen LogP contribution in [0.25, 0.3) is 0 Å². The van der Waals surface area contributed by atoms with Gasteiger partial charge in [-0.2, -0.15) is 0 Å². The van der Waals surface area contributed by atoms with E-state index in [0.717, 1.165) is 19.4 Å². The molecule has 0 saturated heterocycles. The molecule has 5 heteroatoms. The van der Waals surface area contributed by atoms with Crippen molar-refractivity contribution in [1.82, 2.24) is 5.32 Å². The summed E-state index contributed by atoms with van der Waals surface area (Å²) in [7, 11) is 0. The molecule has 1 N–H and O–H groups in total. The van der Waals surface area contributed by atoms with Gasteiger partial charge in [0.1, 0.15) is 0 Å². The molecule has 1 aromatic heterocycles. The molecule has 0 aliphatic heterocycles. The molecule has 0 aromatic carbocycles. The molecule has 0 atom stereocenters. The number of hydrogen-bond donors (Lipinski definition) is 1. The Balaban J connectivity index is 2.22. The Kier molecular flexibility index (Phi) is 6.31.